The topological polar surface area (TPSA) is 92.1 Å². The molecule has 1 amide bonds. The molecule has 0 bridgehead atoms. The van der Waals surface area contributed by atoms with Crippen molar-refractivity contribution >= 4 is 24.7 Å². The van der Waals surface area contributed by atoms with Gasteiger partial charge in [0.1, 0.15) is 40.6 Å². The number of nitrogens with zero attached hydrogens (tertiary/aromatic N) is 3. The highest BCUT2D eigenvalue weighted by Gasteiger charge is 2.36. The highest BCUT2D eigenvalue weighted by atomic mass is 31.2. The summed E-state index contributed by atoms with van der Waals surface area (Å²) in [5.41, 5.74) is 0.879. The van der Waals surface area contributed by atoms with E-state index in [9.17, 15) is 18.1 Å². The number of rotatable bonds is 8. The van der Waals surface area contributed by atoms with Gasteiger partial charge < -0.3 is 14.4 Å². The lowest BCUT2D eigenvalue weighted by Gasteiger charge is -2.27. The molecule has 1 atom stereocenters. The van der Waals surface area contributed by atoms with Crippen molar-refractivity contribution in [1.82, 2.24) is 14.2 Å². The van der Waals surface area contributed by atoms with Gasteiger partial charge in [-0.3, -0.25) is 13.8 Å². The van der Waals surface area contributed by atoms with E-state index in [-0.39, 0.29) is 47.1 Å². The van der Waals surface area contributed by atoms with Crippen LogP contribution in [0.25, 0.3) is 11.0 Å². The van der Waals surface area contributed by atoms with Crippen LogP contribution < -0.4 is 9.47 Å². The Labute approximate surface area is 220 Å². The Morgan fingerprint density at radius 3 is 2.39 bits per heavy atom. The Hall–Kier alpha value is -3.01. The van der Waals surface area contributed by atoms with E-state index in [0.29, 0.717) is 11.3 Å². The maximum Gasteiger partial charge on any atom is 0.441 e. The largest absolute Gasteiger partial charge is 0.493 e. The highest BCUT2D eigenvalue weighted by Crippen LogP contribution is 2.55. The summed E-state index contributed by atoms with van der Waals surface area (Å²) in [5.74, 6) is -1.38. The van der Waals surface area contributed by atoms with E-state index in [2.05, 4.69) is 4.98 Å². The molecule has 0 unspecified atom stereocenters. The first kappa shape index (κ1) is 28.0. The van der Waals surface area contributed by atoms with Gasteiger partial charge in [-0.15, -0.1) is 0 Å². The third-order valence-electron chi connectivity index (χ3n) is 5.73. The van der Waals surface area contributed by atoms with Gasteiger partial charge in [-0.05, 0) is 46.8 Å². The van der Waals surface area contributed by atoms with E-state index < -0.39 is 37.7 Å². The standard InChI is InChI=1S/C26H32F2N3O6P/c1-14(2)36-38(33,37-15(3)4)31-16(5)29-25-20(31)10-17(26(32)30(6)7)11-23(25)35-21-8-9-34-22-13-18(27)12-19(28)24(21)22/h10-15,21H,8-9H2,1-7H3/t21-/m0/s1. The number of ether oxygens (including phenoxy) is 2. The monoisotopic (exact) mass is 551 g/mol. The fourth-order valence-corrected chi connectivity index (χ4v) is 6.49. The van der Waals surface area contributed by atoms with Crippen molar-refractivity contribution in [2.45, 2.75) is 59.4 Å². The Morgan fingerprint density at radius 1 is 1.13 bits per heavy atom. The van der Waals surface area contributed by atoms with Crippen LogP contribution in [0.2, 0.25) is 0 Å². The molecule has 0 N–H and O–H groups in total. The number of aromatic nitrogens is 2. The summed E-state index contributed by atoms with van der Waals surface area (Å²) in [4.78, 5) is 19.0. The fourth-order valence-electron chi connectivity index (χ4n) is 4.37. The smallest absolute Gasteiger partial charge is 0.441 e. The van der Waals surface area contributed by atoms with E-state index in [0.717, 1.165) is 12.1 Å². The van der Waals surface area contributed by atoms with Gasteiger partial charge in [0, 0.05) is 38.2 Å². The van der Waals surface area contributed by atoms with Crippen molar-refractivity contribution in [3.05, 3.63) is 52.9 Å². The van der Waals surface area contributed by atoms with Crippen LogP contribution in [0.5, 0.6) is 11.5 Å². The van der Waals surface area contributed by atoms with E-state index in [4.69, 9.17) is 18.5 Å². The van der Waals surface area contributed by atoms with Crippen molar-refractivity contribution in [3.63, 3.8) is 0 Å². The number of halogens is 2. The van der Waals surface area contributed by atoms with Crippen LogP contribution in [0.3, 0.4) is 0 Å². The first-order chi connectivity index (χ1) is 17.8. The zero-order valence-electron chi connectivity index (χ0n) is 22.4. The normalized spacial score (nSPS) is 15.6. The maximum atomic E-state index is 14.8. The lowest BCUT2D eigenvalue weighted by Crippen LogP contribution is -2.23. The van der Waals surface area contributed by atoms with E-state index in [1.165, 1.54) is 15.3 Å². The molecule has 0 saturated heterocycles. The average Bonchev–Trinajstić information content (AvgIpc) is 3.13. The second kappa shape index (κ2) is 10.6. The SMILES string of the molecule is Cc1nc2c(O[C@H]3CCOc4cc(F)cc(F)c43)cc(C(=O)N(C)C)cc2n1P(=O)(OC(C)C)OC(C)C. The molecule has 0 spiro atoms. The third-order valence-corrected chi connectivity index (χ3v) is 8.11. The van der Waals surface area contributed by atoms with Crippen molar-refractivity contribution in [1.29, 1.82) is 0 Å². The molecule has 1 aliphatic rings. The number of hydrogen-bond acceptors (Lipinski definition) is 7. The van der Waals surface area contributed by atoms with Crippen LogP contribution in [-0.4, -0.2) is 53.0 Å². The molecule has 1 aromatic heterocycles. The van der Waals surface area contributed by atoms with Gasteiger partial charge in [-0.1, -0.05) is 0 Å². The molecule has 1 aliphatic heterocycles. The Kier molecular flexibility index (Phi) is 7.84. The van der Waals surface area contributed by atoms with Gasteiger partial charge in [0.25, 0.3) is 5.91 Å². The quantitative estimate of drug-likeness (QED) is 0.316. The molecular weight excluding hydrogens is 519 g/mol. The summed E-state index contributed by atoms with van der Waals surface area (Å²) in [6.07, 6.45) is -1.46. The zero-order valence-corrected chi connectivity index (χ0v) is 23.3. The van der Waals surface area contributed by atoms with Gasteiger partial charge >= 0.3 is 7.75 Å². The number of fused-ring (bicyclic) bond motifs is 2. The van der Waals surface area contributed by atoms with Gasteiger partial charge in [-0.25, -0.2) is 22.7 Å². The lowest BCUT2D eigenvalue weighted by atomic mass is 10.0. The van der Waals surface area contributed by atoms with E-state index in [1.54, 1.807) is 54.8 Å². The number of carbonyl (C=O) groups excluding carboxylic acids is 1. The van der Waals surface area contributed by atoms with Gasteiger partial charge in [-0.2, -0.15) is 0 Å². The van der Waals surface area contributed by atoms with Gasteiger partial charge in [0.2, 0.25) is 0 Å². The predicted octanol–water partition coefficient (Wildman–Crippen LogP) is 6.03. The van der Waals surface area contributed by atoms with Crippen LogP contribution >= 0.6 is 7.75 Å². The second-order valence-corrected chi connectivity index (χ2v) is 11.6. The number of aryl methyl sites for hydroxylation is 1. The van der Waals surface area contributed by atoms with Crippen LogP contribution in [0.15, 0.2) is 24.3 Å². The summed E-state index contributed by atoms with van der Waals surface area (Å²) in [7, 11) is -0.770. The third kappa shape index (κ3) is 5.41. The van der Waals surface area contributed by atoms with Crippen molar-refractivity contribution in [2.24, 2.45) is 0 Å². The van der Waals surface area contributed by atoms with Gasteiger partial charge in [0.15, 0.2) is 0 Å². The van der Waals surface area contributed by atoms with Crippen LogP contribution in [-0.2, 0) is 13.6 Å². The van der Waals surface area contributed by atoms with Crippen molar-refractivity contribution < 1.29 is 36.7 Å². The molecular formula is C26H32F2N3O6P. The van der Waals surface area contributed by atoms with Crippen LogP contribution in [0.1, 0.15) is 62.0 Å². The average molecular weight is 552 g/mol. The van der Waals surface area contributed by atoms with Crippen LogP contribution in [0, 0.1) is 18.6 Å². The summed E-state index contributed by atoms with van der Waals surface area (Å²) < 4.78 is 67.5. The maximum absolute atomic E-state index is 14.8. The molecule has 12 heteroatoms. The minimum Gasteiger partial charge on any atom is -0.493 e. The Balaban J connectivity index is 1.93. The van der Waals surface area contributed by atoms with Crippen molar-refractivity contribution in [3.8, 4) is 11.5 Å². The zero-order chi connectivity index (χ0) is 27.9. The number of imidazole rings is 1. The molecule has 0 saturated carbocycles. The molecule has 206 valence electrons. The number of amides is 1. The summed E-state index contributed by atoms with van der Waals surface area (Å²) in [6, 6.07) is 4.94. The van der Waals surface area contributed by atoms with E-state index >= 15 is 0 Å². The molecule has 4 rings (SSSR count). The summed E-state index contributed by atoms with van der Waals surface area (Å²) in [6.45, 7) is 8.76. The Bertz CT molecular complexity index is 1410. The molecule has 3 aromatic rings. The lowest BCUT2D eigenvalue weighted by molar-refractivity contribution is 0.0826. The minimum atomic E-state index is -3.97. The molecule has 38 heavy (non-hydrogen) atoms. The molecule has 9 nitrogen and oxygen atoms in total. The molecule has 0 fully saturated rings. The first-order valence-corrected chi connectivity index (χ1v) is 13.8. The molecule has 2 aromatic carbocycles. The van der Waals surface area contributed by atoms with Crippen molar-refractivity contribution in [2.75, 3.05) is 20.7 Å². The minimum absolute atomic E-state index is 0.0531. The van der Waals surface area contributed by atoms with E-state index in [1.807, 2.05) is 0 Å². The highest BCUT2D eigenvalue weighted by molar-refractivity contribution is 7.52. The summed E-state index contributed by atoms with van der Waals surface area (Å²) in [5, 5.41) is 0. The summed E-state index contributed by atoms with van der Waals surface area (Å²) >= 11 is 0. The number of benzene rings is 2. The fraction of sp³-hybridized carbons (Fsp3) is 0.462. The van der Waals surface area contributed by atoms with Crippen LogP contribution in [0.4, 0.5) is 8.78 Å². The molecule has 0 radical (unpaired) electrons. The number of carbonyl (C=O) groups is 1. The Morgan fingerprint density at radius 2 is 1.79 bits per heavy atom. The second-order valence-electron chi connectivity index (χ2n) is 9.83. The van der Waals surface area contributed by atoms with Gasteiger partial charge in [0.05, 0.1) is 29.9 Å². The molecule has 2 heterocycles. The first-order valence-electron chi connectivity index (χ1n) is 12.3. The number of hydrogen-bond donors (Lipinski definition) is 0. The molecule has 0 aliphatic carbocycles. The predicted molar refractivity (Wildman–Crippen MR) is 138 cm³/mol.